The number of hydrogen-bond donors (Lipinski definition) is 2. The van der Waals surface area contributed by atoms with E-state index >= 15 is 0 Å². The van der Waals surface area contributed by atoms with Crippen molar-refractivity contribution in [3.05, 3.63) is 70.8 Å². The molecule has 0 bridgehead atoms. The van der Waals surface area contributed by atoms with Crippen molar-refractivity contribution in [2.45, 2.75) is 18.7 Å². The molecule has 0 saturated heterocycles. The number of carbonyl (C=O) groups is 1. The lowest BCUT2D eigenvalue weighted by atomic mass is 10.3. The normalized spacial score (nSPS) is 11.4. The molecule has 1 amide bonds. The van der Waals surface area contributed by atoms with Crippen LogP contribution in [-0.4, -0.2) is 41.0 Å². The van der Waals surface area contributed by atoms with Crippen LogP contribution in [0.15, 0.2) is 53.4 Å². The summed E-state index contributed by atoms with van der Waals surface area (Å²) >= 11 is 5.86. The van der Waals surface area contributed by atoms with E-state index in [1.165, 1.54) is 42.0 Å². The highest BCUT2D eigenvalue weighted by atomic mass is 35.5. The molecule has 0 spiro atoms. The average molecular weight is 487 g/mol. The van der Waals surface area contributed by atoms with Gasteiger partial charge in [0.15, 0.2) is 0 Å². The van der Waals surface area contributed by atoms with Crippen molar-refractivity contribution in [1.82, 2.24) is 19.6 Å². The van der Waals surface area contributed by atoms with E-state index in [2.05, 4.69) is 25.1 Å². The zero-order valence-corrected chi connectivity index (χ0v) is 19.4. The molecule has 4 rings (SSSR count). The van der Waals surface area contributed by atoms with E-state index in [0.29, 0.717) is 16.5 Å². The summed E-state index contributed by atoms with van der Waals surface area (Å²) in [5.74, 6) is -0.314. The zero-order valence-electron chi connectivity index (χ0n) is 17.8. The highest BCUT2D eigenvalue weighted by molar-refractivity contribution is 7.92. The summed E-state index contributed by atoms with van der Waals surface area (Å²) in [5.41, 5.74) is 2.06. The molecule has 12 heteroatoms. The van der Waals surface area contributed by atoms with Gasteiger partial charge in [0.25, 0.3) is 21.7 Å². The number of hydrogen-bond acceptors (Lipinski definition) is 7. The second-order valence-electron chi connectivity index (χ2n) is 7.12. The predicted molar refractivity (Wildman–Crippen MR) is 123 cm³/mol. The minimum absolute atomic E-state index is 0.101. The fraction of sp³-hybridized carbons (Fsp3) is 0.143. The number of aryl methyl sites for hydroxylation is 2. The van der Waals surface area contributed by atoms with E-state index in [4.69, 9.17) is 16.3 Å². The second-order valence-corrected chi connectivity index (χ2v) is 9.21. The Morgan fingerprint density at radius 1 is 1.03 bits per heavy atom. The molecule has 170 valence electrons. The molecule has 0 fully saturated rings. The summed E-state index contributed by atoms with van der Waals surface area (Å²) in [7, 11) is -2.68. The van der Waals surface area contributed by atoms with Gasteiger partial charge in [-0.3, -0.25) is 9.52 Å². The summed E-state index contributed by atoms with van der Waals surface area (Å²) in [6, 6.07) is 12.3. The number of methoxy groups -OCH3 is 1. The summed E-state index contributed by atoms with van der Waals surface area (Å²) < 4.78 is 35.1. The number of amides is 1. The molecular weight excluding hydrogens is 468 g/mol. The Bertz CT molecular complexity index is 1470. The van der Waals surface area contributed by atoms with Crippen molar-refractivity contribution in [3.8, 4) is 5.75 Å². The fourth-order valence-corrected chi connectivity index (χ4v) is 4.52. The van der Waals surface area contributed by atoms with Crippen molar-refractivity contribution in [2.24, 2.45) is 0 Å². The number of rotatable bonds is 6. The number of nitrogens with one attached hydrogen (secondary N) is 2. The third kappa shape index (κ3) is 4.73. The maximum atomic E-state index is 13.0. The molecule has 0 radical (unpaired) electrons. The average Bonchev–Trinajstić information content (AvgIpc) is 3.20. The van der Waals surface area contributed by atoms with Crippen LogP contribution in [0, 0.1) is 13.8 Å². The first-order valence-electron chi connectivity index (χ1n) is 9.65. The van der Waals surface area contributed by atoms with Crippen molar-refractivity contribution < 1.29 is 17.9 Å². The van der Waals surface area contributed by atoms with Crippen LogP contribution in [-0.2, 0) is 10.0 Å². The topological polar surface area (TPSA) is 128 Å². The molecule has 0 aliphatic heterocycles. The van der Waals surface area contributed by atoms with Gasteiger partial charge in [-0.25, -0.2) is 17.9 Å². The molecule has 4 aromatic rings. The van der Waals surface area contributed by atoms with Gasteiger partial charge in [-0.2, -0.15) is 4.98 Å². The van der Waals surface area contributed by atoms with Crippen molar-refractivity contribution >= 4 is 44.7 Å². The number of ether oxygens (including phenoxy) is 1. The van der Waals surface area contributed by atoms with Crippen LogP contribution in [0.25, 0.3) is 5.78 Å². The number of anilines is 2. The van der Waals surface area contributed by atoms with E-state index in [9.17, 15) is 13.2 Å². The molecule has 0 aliphatic rings. The van der Waals surface area contributed by atoms with Gasteiger partial charge in [0.2, 0.25) is 5.82 Å². The summed E-state index contributed by atoms with van der Waals surface area (Å²) in [5, 5.41) is 7.27. The van der Waals surface area contributed by atoms with Crippen LogP contribution in [0.4, 0.5) is 11.4 Å². The van der Waals surface area contributed by atoms with E-state index in [1.807, 2.05) is 19.9 Å². The van der Waals surface area contributed by atoms with E-state index in [0.717, 1.165) is 11.4 Å². The van der Waals surface area contributed by atoms with Gasteiger partial charge in [-0.1, -0.05) is 11.6 Å². The van der Waals surface area contributed by atoms with Crippen LogP contribution in [0.1, 0.15) is 22.0 Å². The Kier molecular flexibility index (Phi) is 5.91. The summed E-state index contributed by atoms with van der Waals surface area (Å²) in [4.78, 5) is 21.0. The first-order valence-corrected chi connectivity index (χ1v) is 11.5. The number of halogens is 1. The largest absolute Gasteiger partial charge is 0.495 e. The lowest BCUT2D eigenvalue weighted by Gasteiger charge is -2.13. The smallest absolute Gasteiger partial charge is 0.295 e. The van der Waals surface area contributed by atoms with Gasteiger partial charge in [-0.15, -0.1) is 5.10 Å². The Morgan fingerprint density at radius 2 is 1.73 bits per heavy atom. The zero-order chi connectivity index (χ0) is 23.8. The second kappa shape index (κ2) is 8.68. The minimum atomic E-state index is -4.04. The first kappa shape index (κ1) is 22.5. The monoisotopic (exact) mass is 486 g/mol. The fourth-order valence-electron chi connectivity index (χ4n) is 3.14. The molecule has 0 saturated carbocycles. The van der Waals surface area contributed by atoms with Gasteiger partial charge < -0.3 is 10.1 Å². The van der Waals surface area contributed by atoms with E-state index < -0.39 is 15.9 Å². The lowest BCUT2D eigenvalue weighted by molar-refractivity contribution is 0.101. The maximum Gasteiger partial charge on any atom is 0.295 e. The van der Waals surface area contributed by atoms with E-state index in [1.54, 1.807) is 12.1 Å². The van der Waals surface area contributed by atoms with Gasteiger partial charge >= 0.3 is 0 Å². The Labute approximate surface area is 194 Å². The summed E-state index contributed by atoms with van der Waals surface area (Å²) in [6.07, 6.45) is 0. The van der Waals surface area contributed by atoms with Crippen LogP contribution in [0.2, 0.25) is 5.02 Å². The Morgan fingerprint density at radius 3 is 2.42 bits per heavy atom. The Balaban J connectivity index is 1.63. The third-order valence-electron chi connectivity index (χ3n) is 4.63. The number of aromatic nitrogens is 4. The summed E-state index contributed by atoms with van der Waals surface area (Å²) in [6.45, 7) is 3.64. The van der Waals surface area contributed by atoms with Crippen LogP contribution in [0.5, 0.6) is 5.75 Å². The molecule has 2 N–H and O–H groups in total. The van der Waals surface area contributed by atoms with Crippen LogP contribution >= 0.6 is 11.6 Å². The van der Waals surface area contributed by atoms with Crippen molar-refractivity contribution in [2.75, 3.05) is 17.1 Å². The van der Waals surface area contributed by atoms with Gasteiger partial charge in [-0.05, 0) is 62.4 Å². The molecular formula is C21H19ClN6O4S. The van der Waals surface area contributed by atoms with Crippen molar-refractivity contribution in [1.29, 1.82) is 0 Å². The lowest BCUT2D eigenvalue weighted by Crippen LogP contribution is -2.17. The first-order chi connectivity index (χ1) is 15.7. The quantitative estimate of drug-likeness (QED) is 0.427. The number of carbonyl (C=O) groups excluding carboxylic acids is 1. The molecule has 0 aliphatic carbocycles. The van der Waals surface area contributed by atoms with Gasteiger partial charge in [0.05, 0.1) is 7.11 Å². The van der Waals surface area contributed by atoms with Crippen LogP contribution in [0.3, 0.4) is 0 Å². The predicted octanol–water partition coefficient (Wildman–Crippen LogP) is 3.46. The molecule has 2 heterocycles. The SMILES string of the molecule is COc1ccc(NC(=O)c2nc3nc(C)cc(C)n3n2)cc1S(=O)(=O)Nc1ccc(Cl)cc1. The highest BCUT2D eigenvalue weighted by Crippen LogP contribution is 2.29. The minimum Gasteiger partial charge on any atom is -0.495 e. The number of sulfonamides is 1. The standard InChI is InChI=1S/C21H19ClN6O4S/c1-12-10-13(2)28-21(23-12)25-19(26-28)20(29)24-16-8-9-17(32-3)18(11-16)33(30,31)27-15-6-4-14(22)5-7-15/h4-11,27H,1-3H3,(H,24,29). The molecule has 0 atom stereocenters. The molecule has 10 nitrogen and oxygen atoms in total. The highest BCUT2D eigenvalue weighted by Gasteiger charge is 2.22. The third-order valence-corrected chi connectivity index (χ3v) is 6.28. The molecule has 2 aromatic carbocycles. The number of benzene rings is 2. The number of fused-ring (bicyclic) bond motifs is 1. The van der Waals surface area contributed by atoms with Gasteiger partial charge in [0.1, 0.15) is 10.6 Å². The van der Waals surface area contributed by atoms with E-state index in [-0.39, 0.29) is 22.2 Å². The molecule has 2 aromatic heterocycles. The maximum absolute atomic E-state index is 13.0. The van der Waals surface area contributed by atoms with Gasteiger partial charge in [0, 0.05) is 27.8 Å². The Hall–Kier alpha value is -3.70. The number of nitrogens with zero attached hydrogens (tertiary/aromatic N) is 4. The molecule has 0 unspecified atom stereocenters. The van der Waals surface area contributed by atoms with Crippen molar-refractivity contribution in [3.63, 3.8) is 0 Å². The van der Waals surface area contributed by atoms with Crippen LogP contribution < -0.4 is 14.8 Å². The molecule has 33 heavy (non-hydrogen) atoms.